The first-order chi connectivity index (χ1) is 14.5. The van der Waals surface area contributed by atoms with Gasteiger partial charge in [-0.15, -0.1) is 0 Å². The molecule has 0 radical (unpaired) electrons. The lowest BCUT2D eigenvalue weighted by Crippen LogP contribution is -2.24. The molecule has 1 aliphatic carbocycles. The van der Waals surface area contributed by atoms with E-state index in [-0.39, 0.29) is 23.6 Å². The van der Waals surface area contributed by atoms with E-state index < -0.39 is 11.5 Å². The molecule has 1 aromatic carbocycles. The van der Waals surface area contributed by atoms with Gasteiger partial charge in [-0.3, -0.25) is 4.98 Å². The predicted molar refractivity (Wildman–Crippen MR) is 106 cm³/mol. The summed E-state index contributed by atoms with van der Waals surface area (Å²) in [7, 11) is 0. The maximum atomic E-state index is 13.6. The van der Waals surface area contributed by atoms with Crippen LogP contribution in [0.2, 0.25) is 5.02 Å². The van der Waals surface area contributed by atoms with Crippen molar-refractivity contribution in [2.75, 3.05) is 5.32 Å². The summed E-state index contributed by atoms with van der Waals surface area (Å²) in [5.41, 5.74) is 0.634. The minimum absolute atomic E-state index is 0.149. The summed E-state index contributed by atoms with van der Waals surface area (Å²) in [5, 5.41) is 17.8. The second-order valence-corrected chi connectivity index (χ2v) is 7.18. The third-order valence-electron chi connectivity index (χ3n) is 4.43. The molecule has 3 heterocycles. The molecule has 0 spiro atoms. The van der Waals surface area contributed by atoms with E-state index in [0.717, 1.165) is 12.8 Å². The van der Waals surface area contributed by atoms with Crippen LogP contribution in [0.1, 0.15) is 18.5 Å². The van der Waals surface area contributed by atoms with Gasteiger partial charge in [0.2, 0.25) is 11.8 Å². The first-order valence-corrected chi connectivity index (χ1v) is 9.39. The fraction of sp³-hybridized carbons (Fsp3) is 0.167. The molecule has 5 rings (SSSR count). The number of anilines is 2. The van der Waals surface area contributed by atoms with Crippen LogP contribution >= 0.6 is 11.6 Å². The van der Waals surface area contributed by atoms with Crippen molar-refractivity contribution in [3.63, 3.8) is 0 Å². The average Bonchev–Trinajstić information content (AvgIpc) is 3.34. The minimum Gasteiger partial charge on any atom is -0.493 e. The Kier molecular flexibility index (Phi) is 4.24. The van der Waals surface area contributed by atoms with Crippen LogP contribution in [0.25, 0.3) is 11.7 Å². The molecule has 0 bridgehead atoms. The van der Waals surface area contributed by atoms with E-state index in [1.807, 2.05) is 0 Å². The number of aromatic hydroxyl groups is 1. The molecule has 152 valence electrons. The van der Waals surface area contributed by atoms with E-state index in [9.17, 15) is 14.3 Å². The van der Waals surface area contributed by atoms with Gasteiger partial charge in [0.05, 0.1) is 22.9 Å². The number of aromatic amines is 2. The maximum absolute atomic E-state index is 13.6. The van der Waals surface area contributed by atoms with E-state index in [0.29, 0.717) is 27.2 Å². The Hall–Kier alpha value is -3.73. The summed E-state index contributed by atoms with van der Waals surface area (Å²) in [5.74, 6) is -0.617. The Labute approximate surface area is 171 Å². The summed E-state index contributed by atoms with van der Waals surface area (Å²) in [6.45, 7) is 0. The molecule has 0 atom stereocenters. The molecule has 0 amide bonds. The van der Waals surface area contributed by atoms with E-state index in [1.165, 1.54) is 35.0 Å². The van der Waals surface area contributed by atoms with E-state index >= 15 is 0 Å². The van der Waals surface area contributed by atoms with Crippen LogP contribution in [0.15, 0.2) is 34.2 Å². The van der Waals surface area contributed by atoms with Crippen LogP contribution in [0.5, 0.6) is 5.88 Å². The average molecular weight is 429 g/mol. The summed E-state index contributed by atoms with van der Waals surface area (Å²) >= 11 is 6.14. The van der Waals surface area contributed by atoms with E-state index in [2.05, 4.69) is 35.3 Å². The number of aromatic nitrogens is 6. The first-order valence-electron chi connectivity index (χ1n) is 9.01. The van der Waals surface area contributed by atoms with Crippen LogP contribution < -0.4 is 21.8 Å². The molecule has 30 heavy (non-hydrogen) atoms. The van der Waals surface area contributed by atoms with Gasteiger partial charge in [0.15, 0.2) is 5.65 Å². The van der Waals surface area contributed by atoms with Gasteiger partial charge in [-0.05, 0) is 37.1 Å². The van der Waals surface area contributed by atoms with Crippen molar-refractivity contribution in [2.45, 2.75) is 18.9 Å². The number of hydrogen-bond donors (Lipinski definition) is 4. The number of imidazole rings is 1. The smallest absolute Gasteiger partial charge is 0.326 e. The molecule has 0 unspecified atom stereocenters. The van der Waals surface area contributed by atoms with Crippen LogP contribution in [-0.4, -0.2) is 40.7 Å². The van der Waals surface area contributed by atoms with E-state index in [1.54, 1.807) is 0 Å². The molecule has 4 N–H and O–H groups in total. The van der Waals surface area contributed by atoms with Crippen LogP contribution in [0.3, 0.4) is 0 Å². The zero-order chi connectivity index (χ0) is 20.8. The highest BCUT2D eigenvalue weighted by Crippen LogP contribution is 2.25. The van der Waals surface area contributed by atoms with Gasteiger partial charge >= 0.3 is 5.69 Å². The van der Waals surface area contributed by atoms with Crippen molar-refractivity contribution in [3.05, 3.63) is 62.3 Å². The van der Waals surface area contributed by atoms with Crippen molar-refractivity contribution in [1.29, 1.82) is 0 Å². The fourth-order valence-electron chi connectivity index (χ4n) is 2.85. The first kappa shape index (κ1) is 18.3. The van der Waals surface area contributed by atoms with Gasteiger partial charge < -0.3 is 15.4 Å². The van der Waals surface area contributed by atoms with E-state index in [4.69, 9.17) is 11.6 Å². The molecule has 12 heteroatoms. The molecular formula is C18H14ClFN8O2. The molecule has 0 saturated heterocycles. The van der Waals surface area contributed by atoms with Crippen molar-refractivity contribution in [3.8, 4) is 5.88 Å². The van der Waals surface area contributed by atoms with Gasteiger partial charge in [0, 0.05) is 5.22 Å². The van der Waals surface area contributed by atoms with Crippen molar-refractivity contribution in [2.24, 2.45) is 4.99 Å². The molecule has 1 fully saturated rings. The standard InChI is InChI=1S/C18H14ClFN8O2/c19-11-4-1-9(20)6-12(11)23-16-25-14-8(5-13-15(29)26-18(30)24-13)7-21-28(14)17(27-16)22-10-2-3-10/h1,4-7,10,29H,2-3H2,(H,22,23,27)(H2,24,26,30). The van der Waals surface area contributed by atoms with Gasteiger partial charge in [-0.25, -0.2) is 14.2 Å². The molecule has 3 aromatic heterocycles. The number of hydrogen-bond acceptors (Lipinski definition) is 7. The molecule has 4 aromatic rings. The van der Waals surface area contributed by atoms with Crippen LogP contribution in [0, 0.1) is 5.82 Å². The predicted octanol–water partition coefficient (Wildman–Crippen LogP) is 0.993. The summed E-state index contributed by atoms with van der Waals surface area (Å²) in [6.07, 6.45) is 4.95. The molecule has 1 aliphatic rings. The Bertz CT molecular complexity index is 1450. The molecular weight excluding hydrogens is 415 g/mol. The Morgan fingerprint density at radius 3 is 2.90 bits per heavy atom. The van der Waals surface area contributed by atoms with Gasteiger partial charge in [-0.2, -0.15) is 19.6 Å². The Balaban J connectivity index is 1.69. The zero-order valence-corrected chi connectivity index (χ0v) is 16.0. The monoisotopic (exact) mass is 428 g/mol. The fourth-order valence-corrected chi connectivity index (χ4v) is 3.01. The Morgan fingerprint density at radius 2 is 2.17 bits per heavy atom. The van der Waals surface area contributed by atoms with Crippen LogP contribution in [0.4, 0.5) is 16.0 Å². The third-order valence-corrected chi connectivity index (χ3v) is 4.76. The third kappa shape index (κ3) is 3.50. The second kappa shape index (κ2) is 6.95. The number of rotatable bonds is 4. The highest BCUT2D eigenvalue weighted by molar-refractivity contribution is 6.33. The number of benzene rings is 1. The van der Waals surface area contributed by atoms with Gasteiger partial charge in [0.25, 0.3) is 5.62 Å². The number of fused-ring (bicyclic) bond motifs is 1. The number of halogens is 2. The molecule has 1 saturated carbocycles. The van der Waals surface area contributed by atoms with Crippen molar-refractivity contribution < 1.29 is 9.50 Å². The van der Waals surface area contributed by atoms with Gasteiger partial charge in [0.1, 0.15) is 11.5 Å². The topological polar surface area (TPSA) is 136 Å². The van der Waals surface area contributed by atoms with Gasteiger partial charge in [-0.1, -0.05) is 11.6 Å². The lowest BCUT2D eigenvalue weighted by atomic mass is 10.3. The second-order valence-electron chi connectivity index (χ2n) is 6.78. The minimum atomic E-state index is -0.544. The largest absolute Gasteiger partial charge is 0.493 e. The highest BCUT2D eigenvalue weighted by Gasteiger charge is 2.21. The zero-order valence-electron chi connectivity index (χ0n) is 15.2. The normalized spacial score (nSPS) is 15.3. The van der Waals surface area contributed by atoms with Crippen molar-refractivity contribution in [1.82, 2.24) is 29.5 Å². The summed E-state index contributed by atoms with van der Waals surface area (Å²) in [4.78, 5) is 29.5. The Morgan fingerprint density at radius 1 is 1.33 bits per heavy atom. The lowest BCUT2D eigenvalue weighted by molar-refractivity contribution is 0.454. The van der Waals surface area contributed by atoms with Crippen LogP contribution in [-0.2, 0) is 0 Å². The highest BCUT2D eigenvalue weighted by atomic mass is 35.5. The molecule has 10 nitrogen and oxygen atoms in total. The maximum Gasteiger partial charge on any atom is 0.326 e. The SMILES string of the molecule is O=c1[nH]c(O)c(C=c2cnn3c(=NC4CC4)nc(Nc4cc(F)ccc4Cl)nc23)[nH]1. The number of nitrogens with one attached hydrogen (secondary N) is 3. The summed E-state index contributed by atoms with van der Waals surface area (Å²) in [6, 6.07) is 4.07. The summed E-state index contributed by atoms with van der Waals surface area (Å²) < 4.78 is 15.1. The number of H-pyrrole nitrogens is 2. The van der Waals surface area contributed by atoms with Crippen molar-refractivity contribution >= 4 is 35.0 Å². The number of nitrogens with zero attached hydrogens (tertiary/aromatic N) is 5. The lowest BCUT2D eigenvalue weighted by Gasteiger charge is -2.07. The quantitative estimate of drug-likeness (QED) is 0.382. The molecule has 0 aliphatic heterocycles.